The lowest BCUT2D eigenvalue weighted by atomic mass is 10.1. The first-order valence-electron chi connectivity index (χ1n) is 8.09. The van der Waals surface area contributed by atoms with Crippen LogP contribution in [0.1, 0.15) is 13.8 Å². The molecule has 0 saturated carbocycles. The summed E-state index contributed by atoms with van der Waals surface area (Å²) in [5.74, 6) is -1.41. The largest absolute Gasteiger partial charge is 0.506 e. The molecule has 1 heterocycles. The minimum Gasteiger partial charge on any atom is -0.506 e. The molecule has 1 N–H and O–H groups in total. The van der Waals surface area contributed by atoms with Crippen molar-refractivity contribution in [2.24, 2.45) is 0 Å². The minimum atomic E-state index is -5.87. The number of nitrogens with zero attached hydrogens (tertiary/aromatic N) is 1. The second-order valence-corrected chi connectivity index (χ2v) is 10.4. The third-order valence-electron chi connectivity index (χ3n) is 4.31. The van der Waals surface area contributed by atoms with Crippen molar-refractivity contribution < 1.29 is 48.3 Å². The monoisotopic (exact) mass is 479 g/mol. The Bertz CT molecular complexity index is 1120. The van der Waals surface area contributed by atoms with Gasteiger partial charge in [-0.2, -0.15) is 26.3 Å². The van der Waals surface area contributed by atoms with E-state index < -0.39 is 70.0 Å². The zero-order chi connectivity index (χ0) is 23.3. The molecule has 2 rings (SSSR count). The van der Waals surface area contributed by atoms with E-state index in [0.717, 1.165) is 6.92 Å². The maximum absolute atomic E-state index is 13.3. The SMILES string of the molecule is CCS(=O)(=O)C1=CC(C(F)(F)F)=CN(c2cc(S(=O)(=O)C(F)(F)F)ccc2O)C1C. The molecule has 30 heavy (non-hydrogen) atoms. The number of sulfone groups is 2. The van der Waals surface area contributed by atoms with Gasteiger partial charge in [0.05, 0.1) is 32.9 Å². The zero-order valence-electron chi connectivity index (χ0n) is 15.3. The van der Waals surface area contributed by atoms with Gasteiger partial charge in [0.25, 0.3) is 9.84 Å². The predicted molar refractivity (Wildman–Crippen MR) is 95.0 cm³/mol. The summed E-state index contributed by atoms with van der Waals surface area (Å²) in [5, 5.41) is 10.0. The lowest BCUT2D eigenvalue weighted by Gasteiger charge is -2.34. The van der Waals surface area contributed by atoms with Gasteiger partial charge in [-0.25, -0.2) is 16.8 Å². The number of rotatable bonds is 4. The lowest BCUT2D eigenvalue weighted by Crippen LogP contribution is -2.37. The van der Waals surface area contributed by atoms with Crippen LogP contribution in [0.3, 0.4) is 0 Å². The molecule has 0 aromatic heterocycles. The summed E-state index contributed by atoms with van der Waals surface area (Å²) < 4.78 is 126. The third-order valence-corrected chi connectivity index (χ3v) is 7.73. The van der Waals surface area contributed by atoms with Gasteiger partial charge in [-0.05, 0) is 31.2 Å². The van der Waals surface area contributed by atoms with Gasteiger partial charge in [0.15, 0.2) is 9.84 Å². The second-order valence-electron chi connectivity index (χ2n) is 6.22. The number of phenols is 1. The molecule has 1 aliphatic heterocycles. The van der Waals surface area contributed by atoms with Gasteiger partial charge < -0.3 is 10.0 Å². The standard InChI is InChI=1S/C16H15F6NO5S2/c1-3-29(25,26)14-6-10(15(17,18)19)8-23(9(14)2)12-7-11(4-5-13(12)24)30(27,28)16(20,21)22/h4-9,24H,3H2,1-2H3. The first-order valence-corrected chi connectivity index (χ1v) is 11.2. The summed E-state index contributed by atoms with van der Waals surface area (Å²) in [6.45, 7) is 2.33. The predicted octanol–water partition coefficient (Wildman–Crippen LogP) is 3.66. The van der Waals surface area contributed by atoms with Crippen LogP contribution in [0.2, 0.25) is 0 Å². The molecule has 0 spiro atoms. The van der Waals surface area contributed by atoms with Crippen LogP contribution in [0, 0.1) is 0 Å². The Morgan fingerprint density at radius 3 is 2.10 bits per heavy atom. The van der Waals surface area contributed by atoms with E-state index in [4.69, 9.17) is 0 Å². The molecule has 0 bridgehead atoms. The average molecular weight is 479 g/mol. The van der Waals surface area contributed by atoms with Gasteiger partial charge in [0.2, 0.25) is 0 Å². The van der Waals surface area contributed by atoms with Crippen molar-refractivity contribution in [2.45, 2.75) is 36.5 Å². The van der Waals surface area contributed by atoms with Crippen molar-refractivity contribution >= 4 is 25.4 Å². The molecule has 0 radical (unpaired) electrons. The van der Waals surface area contributed by atoms with Crippen LogP contribution in [0.25, 0.3) is 0 Å². The molecule has 0 aliphatic carbocycles. The van der Waals surface area contributed by atoms with Crippen LogP contribution in [0.5, 0.6) is 5.75 Å². The quantitative estimate of drug-likeness (QED) is 0.663. The first kappa shape index (κ1) is 24.1. The Labute approximate surface area is 167 Å². The van der Waals surface area contributed by atoms with E-state index in [2.05, 4.69) is 0 Å². The molecule has 1 aromatic rings. The highest BCUT2D eigenvalue weighted by atomic mass is 32.2. The molecule has 1 atom stereocenters. The van der Waals surface area contributed by atoms with Gasteiger partial charge in [0, 0.05) is 6.20 Å². The van der Waals surface area contributed by atoms with Crippen LogP contribution in [-0.2, 0) is 19.7 Å². The van der Waals surface area contributed by atoms with E-state index in [1.807, 2.05) is 0 Å². The first-order chi connectivity index (χ1) is 13.4. The molecule has 1 aliphatic rings. The summed E-state index contributed by atoms with van der Waals surface area (Å²) >= 11 is 0. The van der Waals surface area contributed by atoms with Crippen molar-refractivity contribution in [1.82, 2.24) is 0 Å². The molecule has 14 heteroatoms. The van der Waals surface area contributed by atoms with Gasteiger partial charge >= 0.3 is 11.7 Å². The van der Waals surface area contributed by atoms with Gasteiger partial charge in [-0.15, -0.1) is 0 Å². The Morgan fingerprint density at radius 2 is 1.63 bits per heavy atom. The number of hydrogen-bond donors (Lipinski definition) is 1. The summed E-state index contributed by atoms with van der Waals surface area (Å²) in [4.78, 5) is -1.45. The number of halogens is 6. The van der Waals surface area contributed by atoms with Crippen molar-refractivity contribution in [3.05, 3.63) is 41.0 Å². The number of alkyl halides is 6. The summed E-state index contributed by atoms with van der Waals surface area (Å²) in [5.41, 5.74) is -7.89. The van der Waals surface area contributed by atoms with E-state index in [9.17, 15) is 48.3 Å². The number of benzene rings is 1. The molecule has 1 aromatic carbocycles. The van der Waals surface area contributed by atoms with E-state index in [1.165, 1.54) is 6.92 Å². The number of phenolic OH excluding ortho intramolecular Hbond substituents is 1. The van der Waals surface area contributed by atoms with Crippen LogP contribution >= 0.6 is 0 Å². The van der Waals surface area contributed by atoms with Crippen molar-refractivity contribution in [3.8, 4) is 5.75 Å². The highest BCUT2D eigenvalue weighted by molar-refractivity contribution is 7.95. The molecular formula is C16H15F6NO5S2. The van der Waals surface area contributed by atoms with Gasteiger partial charge in [0.1, 0.15) is 5.75 Å². The van der Waals surface area contributed by atoms with E-state index in [0.29, 0.717) is 35.4 Å². The Kier molecular flexibility index (Phi) is 6.00. The van der Waals surface area contributed by atoms with Crippen LogP contribution in [0.4, 0.5) is 32.0 Å². The number of aromatic hydroxyl groups is 1. The van der Waals surface area contributed by atoms with Crippen molar-refractivity contribution in [2.75, 3.05) is 10.7 Å². The summed E-state index contributed by atoms with van der Waals surface area (Å²) in [7, 11) is -10.1. The fourth-order valence-corrected chi connectivity index (χ4v) is 4.72. The smallest absolute Gasteiger partial charge is 0.501 e. The Morgan fingerprint density at radius 1 is 1.07 bits per heavy atom. The second kappa shape index (κ2) is 7.48. The fraction of sp³-hybridized carbons (Fsp3) is 0.375. The van der Waals surface area contributed by atoms with E-state index in [-0.39, 0.29) is 0 Å². The highest BCUT2D eigenvalue weighted by Crippen LogP contribution is 2.41. The normalized spacial score (nSPS) is 18.8. The molecule has 0 saturated heterocycles. The lowest BCUT2D eigenvalue weighted by molar-refractivity contribution is -0.0886. The third kappa shape index (κ3) is 4.29. The molecule has 0 fully saturated rings. The molecule has 1 unspecified atom stereocenters. The topological polar surface area (TPSA) is 91.8 Å². The molecular weight excluding hydrogens is 464 g/mol. The van der Waals surface area contributed by atoms with Gasteiger partial charge in [-0.3, -0.25) is 0 Å². The van der Waals surface area contributed by atoms with Crippen LogP contribution < -0.4 is 4.90 Å². The number of anilines is 1. The molecule has 0 amide bonds. The summed E-state index contributed by atoms with van der Waals surface area (Å²) in [6.07, 6.45) is -4.25. The minimum absolute atomic E-state index is 0.334. The molecule has 168 valence electrons. The zero-order valence-corrected chi connectivity index (χ0v) is 16.9. The Balaban J connectivity index is 2.76. The van der Waals surface area contributed by atoms with Crippen molar-refractivity contribution in [1.29, 1.82) is 0 Å². The maximum atomic E-state index is 13.3. The summed E-state index contributed by atoms with van der Waals surface area (Å²) in [6, 6.07) is -0.0466. The van der Waals surface area contributed by atoms with E-state index in [1.54, 1.807) is 0 Å². The number of allylic oxidation sites excluding steroid dienone is 2. The number of hydrogen-bond acceptors (Lipinski definition) is 6. The van der Waals surface area contributed by atoms with Crippen molar-refractivity contribution in [3.63, 3.8) is 0 Å². The Hall–Kier alpha value is -2.22. The van der Waals surface area contributed by atoms with Crippen LogP contribution in [-0.4, -0.2) is 45.4 Å². The van der Waals surface area contributed by atoms with Gasteiger partial charge in [-0.1, -0.05) is 6.92 Å². The fourth-order valence-electron chi connectivity index (χ4n) is 2.67. The van der Waals surface area contributed by atoms with E-state index >= 15 is 0 Å². The molecule has 6 nitrogen and oxygen atoms in total. The van der Waals surface area contributed by atoms with Crippen LogP contribution in [0.15, 0.2) is 45.8 Å². The highest BCUT2D eigenvalue weighted by Gasteiger charge is 2.47. The average Bonchev–Trinajstić information content (AvgIpc) is 2.60. The maximum Gasteiger partial charge on any atom is 0.501 e.